The maximum atomic E-state index is 11.3. The van der Waals surface area contributed by atoms with Crippen molar-refractivity contribution in [3.63, 3.8) is 0 Å². The monoisotopic (exact) mass is 179 g/mol. The molecule has 2 N–H and O–H groups in total. The van der Waals surface area contributed by atoms with Gasteiger partial charge in [0, 0.05) is 7.11 Å². The quantitative estimate of drug-likeness (QED) is 0.747. The molecule has 3 nitrogen and oxygen atoms in total. The lowest BCUT2D eigenvalue weighted by molar-refractivity contribution is -0.127. The second-order valence-electron chi connectivity index (χ2n) is 2.70. The number of nitrogens with two attached hydrogens (primary N) is 1. The van der Waals surface area contributed by atoms with E-state index < -0.39 is 6.10 Å². The van der Waals surface area contributed by atoms with E-state index in [0.717, 1.165) is 5.56 Å². The van der Waals surface area contributed by atoms with Gasteiger partial charge in [-0.05, 0) is 5.56 Å². The molecule has 0 aromatic heterocycles. The van der Waals surface area contributed by atoms with Crippen LogP contribution in [0.1, 0.15) is 11.7 Å². The topological polar surface area (TPSA) is 52.3 Å². The Balaban J connectivity index is 2.85. The molecule has 0 aliphatic carbocycles. The van der Waals surface area contributed by atoms with Gasteiger partial charge >= 0.3 is 0 Å². The van der Waals surface area contributed by atoms with E-state index in [1.54, 1.807) is 0 Å². The minimum absolute atomic E-state index is 0.00734. The summed E-state index contributed by atoms with van der Waals surface area (Å²) >= 11 is 0. The van der Waals surface area contributed by atoms with Gasteiger partial charge in [0.25, 0.3) is 0 Å². The highest BCUT2D eigenvalue weighted by Crippen LogP contribution is 2.16. The van der Waals surface area contributed by atoms with Crippen LogP contribution in [0.4, 0.5) is 0 Å². The number of methoxy groups -OCH3 is 1. The van der Waals surface area contributed by atoms with Gasteiger partial charge in [0.1, 0.15) is 6.10 Å². The van der Waals surface area contributed by atoms with Crippen molar-refractivity contribution in [3.8, 4) is 0 Å². The number of carbonyl (C=O) groups excluding carboxylic acids is 1. The Morgan fingerprint density at radius 2 is 2.08 bits per heavy atom. The highest BCUT2D eigenvalue weighted by molar-refractivity contribution is 5.85. The smallest absolute Gasteiger partial charge is 0.179 e. The molecule has 0 aliphatic heterocycles. The molecule has 1 unspecified atom stereocenters. The molecular formula is C10H13NO2. The fourth-order valence-corrected chi connectivity index (χ4v) is 1.19. The van der Waals surface area contributed by atoms with E-state index in [4.69, 9.17) is 10.5 Å². The van der Waals surface area contributed by atoms with Crippen LogP contribution in [0.5, 0.6) is 0 Å². The van der Waals surface area contributed by atoms with Gasteiger partial charge in [0.2, 0.25) is 0 Å². The summed E-state index contributed by atoms with van der Waals surface area (Å²) in [5.74, 6) is -0.103. The number of carbonyl (C=O) groups is 1. The van der Waals surface area contributed by atoms with Gasteiger partial charge in [0.05, 0.1) is 6.54 Å². The molecule has 0 aliphatic rings. The van der Waals surface area contributed by atoms with Crippen LogP contribution in [0.15, 0.2) is 30.3 Å². The molecule has 0 bridgehead atoms. The summed E-state index contributed by atoms with van der Waals surface area (Å²) in [6, 6.07) is 9.32. The third-order valence-electron chi connectivity index (χ3n) is 1.83. The normalized spacial score (nSPS) is 12.5. The zero-order valence-corrected chi connectivity index (χ0v) is 7.57. The van der Waals surface area contributed by atoms with Crippen molar-refractivity contribution in [1.29, 1.82) is 0 Å². The number of ketones is 1. The first-order valence-corrected chi connectivity index (χ1v) is 4.10. The molecule has 13 heavy (non-hydrogen) atoms. The van der Waals surface area contributed by atoms with E-state index in [1.165, 1.54) is 7.11 Å². The molecule has 1 aromatic carbocycles. The first-order chi connectivity index (χ1) is 6.29. The van der Waals surface area contributed by atoms with Crippen molar-refractivity contribution in [2.75, 3.05) is 13.7 Å². The lowest BCUT2D eigenvalue weighted by Gasteiger charge is -2.12. The van der Waals surface area contributed by atoms with Gasteiger partial charge in [-0.2, -0.15) is 0 Å². The molecule has 3 heteroatoms. The zero-order chi connectivity index (χ0) is 9.68. The van der Waals surface area contributed by atoms with Crippen LogP contribution in [0, 0.1) is 0 Å². The fraction of sp³-hybridized carbons (Fsp3) is 0.300. The van der Waals surface area contributed by atoms with Gasteiger partial charge in [-0.15, -0.1) is 0 Å². The molecule has 1 aromatic rings. The molecule has 0 amide bonds. The summed E-state index contributed by atoms with van der Waals surface area (Å²) in [5.41, 5.74) is 6.10. The van der Waals surface area contributed by atoms with Gasteiger partial charge in [-0.3, -0.25) is 4.79 Å². The Morgan fingerprint density at radius 3 is 2.54 bits per heavy atom. The molecule has 0 heterocycles. The number of hydrogen-bond acceptors (Lipinski definition) is 3. The Labute approximate surface area is 77.5 Å². The van der Waals surface area contributed by atoms with Crippen LogP contribution < -0.4 is 5.73 Å². The standard InChI is InChI=1S/C10H13NO2/c1-13-10(9(12)7-11)8-5-3-2-4-6-8/h2-6,10H,7,11H2,1H3. The van der Waals surface area contributed by atoms with E-state index in [-0.39, 0.29) is 12.3 Å². The molecule has 70 valence electrons. The van der Waals surface area contributed by atoms with E-state index >= 15 is 0 Å². The molecule has 0 spiro atoms. The highest BCUT2D eigenvalue weighted by atomic mass is 16.5. The predicted octanol–water partition coefficient (Wildman–Crippen LogP) is 0.902. The number of benzene rings is 1. The number of hydrogen-bond donors (Lipinski definition) is 1. The fourth-order valence-electron chi connectivity index (χ4n) is 1.19. The SMILES string of the molecule is COC(C(=O)CN)c1ccccc1. The van der Waals surface area contributed by atoms with Crippen LogP contribution >= 0.6 is 0 Å². The second kappa shape index (κ2) is 4.74. The molecule has 0 radical (unpaired) electrons. The third-order valence-corrected chi connectivity index (χ3v) is 1.83. The van der Waals surface area contributed by atoms with Crippen molar-refractivity contribution in [2.24, 2.45) is 5.73 Å². The molecular weight excluding hydrogens is 166 g/mol. The van der Waals surface area contributed by atoms with Crippen molar-refractivity contribution in [2.45, 2.75) is 6.10 Å². The lowest BCUT2D eigenvalue weighted by Crippen LogP contribution is -2.22. The van der Waals surface area contributed by atoms with Gasteiger partial charge < -0.3 is 10.5 Å². The van der Waals surface area contributed by atoms with Crippen molar-refractivity contribution < 1.29 is 9.53 Å². The van der Waals surface area contributed by atoms with Crippen LogP contribution in [0.25, 0.3) is 0 Å². The Hall–Kier alpha value is -1.19. The molecule has 0 saturated heterocycles. The largest absolute Gasteiger partial charge is 0.369 e. The number of rotatable bonds is 4. The second-order valence-corrected chi connectivity index (χ2v) is 2.70. The van der Waals surface area contributed by atoms with E-state index in [0.29, 0.717) is 0 Å². The van der Waals surface area contributed by atoms with Crippen LogP contribution in [-0.4, -0.2) is 19.4 Å². The summed E-state index contributed by atoms with van der Waals surface area (Å²) in [6.45, 7) is 0.00734. The van der Waals surface area contributed by atoms with Gasteiger partial charge in [-0.1, -0.05) is 30.3 Å². The maximum absolute atomic E-state index is 11.3. The van der Waals surface area contributed by atoms with Crippen molar-refractivity contribution >= 4 is 5.78 Å². The maximum Gasteiger partial charge on any atom is 0.179 e. The lowest BCUT2D eigenvalue weighted by atomic mass is 10.1. The van der Waals surface area contributed by atoms with E-state index in [9.17, 15) is 4.79 Å². The molecule has 1 atom stereocenters. The number of Topliss-reactive ketones (excluding diaryl/α,β-unsaturated/α-hetero) is 1. The van der Waals surface area contributed by atoms with E-state index in [1.807, 2.05) is 30.3 Å². The Morgan fingerprint density at radius 1 is 1.46 bits per heavy atom. The average molecular weight is 179 g/mol. The zero-order valence-electron chi connectivity index (χ0n) is 7.57. The molecule has 1 rings (SSSR count). The number of ether oxygens (including phenoxy) is 1. The molecule has 0 saturated carbocycles. The first kappa shape index (κ1) is 9.89. The van der Waals surface area contributed by atoms with Gasteiger partial charge in [0.15, 0.2) is 5.78 Å². The first-order valence-electron chi connectivity index (χ1n) is 4.10. The summed E-state index contributed by atoms with van der Waals surface area (Å²) < 4.78 is 5.06. The summed E-state index contributed by atoms with van der Waals surface area (Å²) in [4.78, 5) is 11.3. The third kappa shape index (κ3) is 2.37. The van der Waals surface area contributed by atoms with Crippen LogP contribution in [0.2, 0.25) is 0 Å². The van der Waals surface area contributed by atoms with Crippen molar-refractivity contribution in [1.82, 2.24) is 0 Å². The highest BCUT2D eigenvalue weighted by Gasteiger charge is 2.17. The summed E-state index contributed by atoms with van der Waals surface area (Å²) in [5, 5.41) is 0. The predicted molar refractivity (Wildman–Crippen MR) is 50.3 cm³/mol. The van der Waals surface area contributed by atoms with Gasteiger partial charge in [-0.25, -0.2) is 0 Å². The minimum atomic E-state index is -0.522. The Kier molecular flexibility index (Phi) is 3.61. The van der Waals surface area contributed by atoms with Crippen molar-refractivity contribution in [3.05, 3.63) is 35.9 Å². The summed E-state index contributed by atoms with van der Waals surface area (Å²) in [6.07, 6.45) is -0.522. The van der Waals surface area contributed by atoms with Crippen LogP contribution in [0.3, 0.4) is 0 Å². The average Bonchev–Trinajstić information content (AvgIpc) is 2.20. The van der Waals surface area contributed by atoms with E-state index in [2.05, 4.69) is 0 Å². The minimum Gasteiger partial charge on any atom is -0.369 e. The van der Waals surface area contributed by atoms with Crippen LogP contribution in [-0.2, 0) is 9.53 Å². The Bertz CT molecular complexity index is 272. The molecule has 0 fully saturated rings. The summed E-state index contributed by atoms with van der Waals surface area (Å²) in [7, 11) is 1.51.